The van der Waals surface area contributed by atoms with Crippen molar-refractivity contribution in [1.29, 1.82) is 0 Å². The Morgan fingerprint density at radius 1 is 1.17 bits per heavy atom. The summed E-state index contributed by atoms with van der Waals surface area (Å²) in [4.78, 5) is 9.13. The highest BCUT2D eigenvalue weighted by molar-refractivity contribution is 14.0. The van der Waals surface area contributed by atoms with Crippen LogP contribution in [0.25, 0.3) is 0 Å². The number of rotatable bonds is 4. The molecule has 5 heteroatoms. The Labute approximate surface area is 164 Å². The van der Waals surface area contributed by atoms with E-state index in [1.54, 1.807) is 0 Å². The predicted octanol–water partition coefficient (Wildman–Crippen LogP) is 3.42. The smallest absolute Gasteiger partial charge is 0.193 e. The lowest BCUT2D eigenvalue weighted by Gasteiger charge is -2.37. The van der Waals surface area contributed by atoms with Crippen molar-refractivity contribution in [3.63, 3.8) is 0 Å². The number of hydrogen-bond donors (Lipinski definition) is 1. The van der Waals surface area contributed by atoms with Gasteiger partial charge in [0.15, 0.2) is 5.96 Å². The molecule has 1 aromatic carbocycles. The summed E-state index contributed by atoms with van der Waals surface area (Å²) >= 11 is 0. The fourth-order valence-corrected chi connectivity index (χ4v) is 3.57. The van der Waals surface area contributed by atoms with Crippen LogP contribution in [0.4, 0.5) is 0 Å². The van der Waals surface area contributed by atoms with Gasteiger partial charge in [-0.3, -0.25) is 4.99 Å². The molecule has 1 aromatic rings. The summed E-state index contributed by atoms with van der Waals surface area (Å²) in [5, 5.41) is 3.57. The van der Waals surface area contributed by atoms with Crippen molar-refractivity contribution < 1.29 is 0 Å². The van der Waals surface area contributed by atoms with Gasteiger partial charge in [0.05, 0.1) is 0 Å². The number of halogens is 1. The average Bonchev–Trinajstić information content (AvgIpc) is 2.48. The molecule has 4 nitrogen and oxygen atoms in total. The first-order valence-electron chi connectivity index (χ1n) is 8.66. The number of hydrogen-bond acceptors (Lipinski definition) is 2. The summed E-state index contributed by atoms with van der Waals surface area (Å²) in [6, 6.07) is 8.65. The quantitative estimate of drug-likeness (QED) is 0.439. The van der Waals surface area contributed by atoms with E-state index in [9.17, 15) is 0 Å². The maximum atomic E-state index is 4.51. The van der Waals surface area contributed by atoms with Crippen molar-refractivity contribution in [2.45, 2.75) is 33.4 Å². The summed E-state index contributed by atoms with van der Waals surface area (Å²) in [6.45, 7) is 8.67. The van der Waals surface area contributed by atoms with Gasteiger partial charge in [0.2, 0.25) is 0 Å². The summed E-state index contributed by atoms with van der Waals surface area (Å²) in [6.07, 6.45) is 1.32. The molecule has 0 bridgehead atoms. The van der Waals surface area contributed by atoms with E-state index in [4.69, 9.17) is 0 Å². The minimum atomic E-state index is 0. The van der Waals surface area contributed by atoms with Gasteiger partial charge in [-0.15, -0.1) is 24.0 Å². The zero-order valence-corrected chi connectivity index (χ0v) is 18.1. The Morgan fingerprint density at radius 2 is 1.75 bits per heavy atom. The van der Waals surface area contributed by atoms with Crippen LogP contribution in [-0.4, -0.2) is 50.0 Å². The number of likely N-dealkylation sites (tertiary alicyclic amines) is 1. The van der Waals surface area contributed by atoms with Gasteiger partial charge in [-0.25, -0.2) is 0 Å². The monoisotopic (exact) mass is 444 g/mol. The highest BCUT2D eigenvalue weighted by Crippen LogP contribution is 2.21. The van der Waals surface area contributed by atoms with Crippen LogP contribution in [0.1, 0.15) is 31.4 Å². The SMILES string of the molecule is CN=C(NCc1ccccc1CN(C)C)N1CC(C)CC(C)C1.I. The number of piperidine rings is 1. The van der Waals surface area contributed by atoms with Gasteiger partial charge in [-0.2, -0.15) is 0 Å². The van der Waals surface area contributed by atoms with Crippen molar-refractivity contribution in [2.24, 2.45) is 16.8 Å². The molecule has 2 rings (SSSR count). The molecule has 1 fully saturated rings. The lowest BCUT2D eigenvalue weighted by Crippen LogP contribution is -2.48. The molecular weight excluding hydrogens is 411 g/mol. The van der Waals surface area contributed by atoms with E-state index in [0.29, 0.717) is 0 Å². The molecule has 1 saturated heterocycles. The van der Waals surface area contributed by atoms with Crippen molar-refractivity contribution in [3.05, 3.63) is 35.4 Å². The maximum absolute atomic E-state index is 4.51. The molecule has 1 aliphatic heterocycles. The molecule has 1 N–H and O–H groups in total. The molecule has 2 unspecified atom stereocenters. The van der Waals surface area contributed by atoms with Crippen LogP contribution in [0, 0.1) is 11.8 Å². The van der Waals surface area contributed by atoms with Crippen LogP contribution in [0.3, 0.4) is 0 Å². The summed E-state index contributed by atoms with van der Waals surface area (Å²) in [5.41, 5.74) is 2.72. The first-order chi connectivity index (χ1) is 11.0. The summed E-state index contributed by atoms with van der Waals surface area (Å²) in [5.74, 6) is 2.50. The van der Waals surface area contributed by atoms with Crippen molar-refractivity contribution >= 4 is 29.9 Å². The molecule has 0 aliphatic carbocycles. The Hall–Kier alpha value is -0.820. The standard InChI is InChI=1S/C19H32N4.HI/c1-15-10-16(2)13-23(12-15)19(20-3)21-11-17-8-6-7-9-18(17)14-22(4)5;/h6-9,15-16H,10-14H2,1-5H3,(H,20,21);1H. The number of guanidine groups is 1. The van der Waals surface area contributed by atoms with Gasteiger partial charge in [0.25, 0.3) is 0 Å². The molecule has 0 spiro atoms. The normalized spacial score (nSPS) is 21.6. The lowest BCUT2D eigenvalue weighted by molar-refractivity contribution is 0.208. The molecular formula is C19H33IN4. The number of aliphatic imine (C=N–C) groups is 1. The van der Waals surface area contributed by atoms with Gasteiger partial charge in [0, 0.05) is 33.2 Å². The van der Waals surface area contributed by atoms with Crippen LogP contribution >= 0.6 is 24.0 Å². The molecule has 0 aromatic heterocycles. The molecule has 1 heterocycles. The third-order valence-corrected chi connectivity index (χ3v) is 4.42. The second-order valence-electron chi connectivity index (χ2n) is 7.26. The van der Waals surface area contributed by atoms with Crippen LogP contribution < -0.4 is 5.32 Å². The average molecular weight is 444 g/mol. The Morgan fingerprint density at radius 3 is 2.29 bits per heavy atom. The molecule has 24 heavy (non-hydrogen) atoms. The van der Waals surface area contributed by atoms with Gasteiger partial charge < -0.3 is 15.1 Å². The second-order valence-corrected chi connectivity index (χ2v) is 7.26. The third-order valence-electron chi connectivity index (χ3n) is 4.42. The van der Waals surface area contributed by atoms with Crippen molar-refractivity contribution in [3.8, 4) is 0 Å². The zero-order valence-electron chi connectivity index (χ0n) is 15.7. The highest BCUT2D eigenvalue weighted by Gasteiger charge is 2.23. The van der Waals surface area contributed by atoms with Gasteiger partial charge in [0.1, 0.15) is 0 Å². The van der Waals surface area contributed by atoms with E-state index >= 15 is 0 Å². The molecule has 0 amide bonds. The first-order valence-corrected chi connectivity index (χ1v) is 8.66. The molecule has 1 aliphatic rings. The molecule has 0 saturated carbocycles. The summed E-state index contributed by atoms with van der Waals surface area (Å²) < 4.78 is 0. The molecule has 0 radical (unpaired) electrons. The second kappa shape index (κ2) is 10.2. The first kappa shape index (κ1) is 21.2. The van der Waals surface area contributed by atoms with E-state index < -0.39 is 0 Å². The number of nitrogens with zero attached hydrogens (tertiary/aromatic N) is 3. The fraction of sp³-hybridized carbons (Fsp3) is 0.632. The van der Waals surface area contributed by atoms with E-state index in [0.717, 1.165) is 44.0 Å². The largest absolute Gasteiger partial charge is 0.352 e. The fourth-order valence-electron chi connectivity index (χ4n) is 3.57. The van der Waals surface area contributed by atoms with Crippen LogP contribution in [0.2, 0.25) is 0 Å². The number of nitrogens with one attached hydrogen (secondary N) is 1. The molecule has 2 atom stereocenters. The minimum absolute atomic E-state index is 0. The van der Waals surface area contributed by atoms with Crippen LogP contribution in [0.15, 0.2) is 29.3 Å². The lowest BCUT2D eigenvalue weighted by atomic mass is 9.92. The Bertz CT molecular complexity index is 520. The Balaban J connectivity index is 0.00000288. The van der Waals surface area contributed by atoms with E-state index in [1.807, 2.05) is 7.05 Å². The highest BCUT2D eigenvalue weighted by atomic mass is 127. The van der Waals surface area contributed by atoms with Crippen molar-refractivity contribution in [2.75, 3.05) is 34.2 Å². The maximum Gasteiger partial charge on any atom is 0.193 e. The van der Waals surface area contributed by atoms with Crippen LogP contribution in [-0.2, 0) is 13.1 Å². The predicted molar refractivity (Wildman–Crippen MR) is 114 cm³/mol. The van der Waals surface area contributed by atoms with Crippen LogP contribution in [0.5, 0.6) is 0 Å². The zero-order chi connectivity index (χ0) is 16.8. The topological polar surface area (TPSA) is 30.9 Å². The number of benzene rings is 1. The van der Waals surface area contributed by atoms with E-state index in [-0.39, 0.29) is 24.0 Å². The third kappa shape index (κ3) is 6.24. The van der Waals surface area contributed by atoms with E-state index in [1.165, 1.54) is 17.5 Å². The van der Waals surface area contributed by atoms with E-state index in [2.05, 4.69) is 72.3 Å². The Kier molecular flexibility index (Phi) is 9.05. The van der Waals surface area contributed by atoms with Crippen molar-refractivity contribution in [1.82, 2.24) is 15.1 Å². The molecule has 136 valence electrons. The van der Waals surface area contributed by atoms with Gasteiger partial charge in [-0.05, 0) is 43.5 Å². The minimum Gasteiger partial charge on any atom is -0.352 e. The summed E-state index contributed by atoms with van der Waals surface area (Å²) in [7, 11) is 6.11. The van der Waals surface area contributed by atoms with Gasteiger partial charge >= 0.3 is 0 Å². The van der Waals surface area contributed by atoms with Gasteiger partial charge in [-0.1, -0.05) is 38.1 Å².